The summed E-state index contributed by atoms with van der Waals surface area (Å²) >= 11 is 4.42. The lowest BCUT2D eigenvalue weighted by molar-refractivity contribution is -0.180. The van der Waals surface area contributed by atoms with Gasteiger partial charge >= 0.3 is 11.9 Å². The van der Waals surface area contributed by atoms with Crippen LogP contribution in [0.1, 0.15) is 25.5 Å². The van der Waals surface area contributed by atoms with Crippen molar-refractivity contribution in [2.24, 2.45) is 5.73 Å². The number of esters is 1. The number of rotatable bonds is 5. The molecule has 1 aromatic rings. The zero-order valence-corrected chi connectivity index (χ0v) is 18.2. The van der Waals surface area contributed by atoms with Crippen molar-refractivity contribution in [3.8, 4) is 0 Å². The van der Waals surface area contributed by atoms with E-state index in [2.05, 4.69) is 21.2 Å². The number of nitrogens with zero attached hydrogens (tertiary/aromatic N) is 1. The molecule has 3 rings (SSSR count). The Hall–Kier alpha value is -2.11. The van der Waals surface area contributed by atoms with E-state index in [-0.39, 0.29) is 0 Å². The Labute approximate surface area is 179 Å². The number of methoxy groups -OCH3 is 1. The summed E-state index contributed by atoms with van der Waals surface area (Å²) in [6.07, 6.45) is 0. The highest BCUT2D eigenvalue weighted by Gasteiger charge is 2.76. The molecule has 4 N–H and O–H groups in total. The minimum absolute atomic E-state index is 0.475. The maximum Gasteiger partial charge on any atom is 0.344 e. The van der Waals surface area contributed by atoms with Gasteiger partial charge in [-0.2, -0.15) is 0 Å². The van der Waals surface area contributed by atoms with Gasteiger partial charge in [0.25, 0.3) is 5.91 Å². The first-order valence-electron chi connectivity index (χ1n) is 8.62. The largest absolute Gasteiger partial charge is 0.480 e. The van der Waals surface area contributed by atoms with Crippen LogP contribution in [0, 0.1) is 0 Å². The number of halogens is 1. The van der Waals surface area contributed by atoms with E-state index in [4.69, 9.17) is 10.5 Å². The van der Waals surface area contributed by atoms with Gasteiger partial charge in [0.1, 0.15) is 17.5 Å². The number of fused-ring (bicyclic) bond motifs is 1. The van der Waals surface area contributed by atoms with Crippen molar-refractivity contribution in [2.75, 3.05) is 7.11 Å². The van der Waals surface area contributed by atoms with Gasteiger partial charge in [-0.25, -0.2) is 9.59 Å². The fourth-order valence-electron chi connectivity index (χ4n) is 3.70. The van der Waals surface area contributed by atoms with Crippen LogP contribution in [0.5, 0.6) is 0 Å². The lowest BCUT2D eigenvalue weighted by atomic mass is 9.84. The molecular formula is C18H20BrN3O6S. The highest BCUT2D eigenvalue weighted by atomic mass is 79.9. The maximum atomic E-state index is 13.0. The minimum Gasteiger partial charge on any atom is -0.480 e. The van der Waals surface area contributed by atoms with E-state index < -0.39 is 51.5 Å². The third-order valence-corrected chi connectivity index (χ3v) is 7.23. The van der Waals surface area contributed by atoms with Gasteiger partial charge in [0.2, 0.25) is 11.4 Å². The highest BCUT2D eigenvalue weighted by Crippen LogP contribution is 2.55. The molecule has 4 atom stereocenters. The molecule has 0 saturated carbocycles. The second kappa shape index (κ2) is 7.29. The summed E-state index contributed by atoms with van der Waals surface area (Å²) in [6.45, 7) is 3.33. The van der Waals surface area contributed by atoms with Gasteiger partial charge in [-0.05, 0) is 31.5 Å². The number of benzene rings is 1. The molecule has 29 heavy (non-hydrogen) atoms. The number of β-lactam (4-membered cyclic amide) rings is 1. The van der Waals surface area contributed by atoms with Gasteiger partial charge in [0.05, 0.1) is 7.11 Å². The zero-order chi connectivity index (χ0) is 21.7. The second-order valence-corrected chi connectivity index (χ2v) is 10.00. The molecule has 1 aromatic carbocycles. The number of hydrogen-bond acceptors (Lipinski definition) is 7. The van der Waals surface area contributed by atoms with Crippen molar-refractivity contribution in [1.29, 1.82) is 0 Å². The Kier molecular flexibility index (Phi) is 5.43. The lowest BCUT2D eigenvalue weighted by Gasteiger charge is -2.50. The van der Waals surface area contributed by atoms with Crippen LogP contribution in [0.4, 0.5) is 0 Å². The monoisotopic (exact) mass is 485 g/mol. The predicted octanol–water partition coefficient (Wildman–Crippen LogP) is 0.624. The average Bonchev–Trinajstić information content (AvgIpc) is 2.93. The summed E-state index contributed by atoms with van der Waals surface area (Å²) < 4.78 is 4.63. The number of thioether (sulfide) groups is 1. The Morgan fingerprint density at radius 3 is 2.59 bits per heavy atom. The molecule has 2 amide bonds. The highest BCUT2D eigenvalue weighted by molar-refractivity contribution is 9.10. The number of nitrogens with one attached hydrogen (secondary N) is 1. The average molecular weight is 486 g/mol. The van der Waals surface area contributed by atoms with Crippen LogP contribution in [0.2, 0.25) is 0 Å². The quantitative estimate of drug-likeness (QED) is 0.313. The Morgan fingerprint density at radius 1 is 1.38 bits per heavy atom. The van der Waals surface area contributed by atoms with Gasteiger partial charge in [-0.15, -0.1) is 11.8 Å². The smallest absolute Gasteiger partial charge is 0.344 e. The molecule has 2 unspecified atom stereocenters. The fourth-order valence-corrected chi connectivity index (χ4v) is 5.80. The minimum atomic E-state index is -2.03. The number of aliphatic carboxylic acids is 1. The summed E-state index contributed by atoms with van der Waals surface area (Å²) in [5, 5.41) is 11.1. The first-order chi connectivity index (χ1) is 13.5. The van der Waals surface area contributed by atoms with E-state index in [9.17, 15) is 24.3 Å². The van der Waals surface area contributed by atoms with Gasteiger partial charge in [-0.1, -0.05) is 28.1 Å². The molecule has 2 aliphatic heterocycles. The van der Waals surface area contributed by atoms with E-state index in [0.29, 0.717) is 10.0 Å². The normalized spacial score (nSPS) is 28.2. The number of carboxylic acids is 1. The molecule has 2 aliphatic rings. The fraction of sp³-hybridized carbons (Fsp3) is 0.444. The van der Waals surface area contributed by atoms with Crippen LogP contribution >= 0.6 is 27.7 Å². The summed E-state index contributed by atoms with van der Waals surface area (Å²) in [5.74, 6) is -3.73. The zero-order valence-electron chi connectivity index (χ0n) is 15.8. The molecule has 2 saturated heterocycles. The predicted molar refractivity (Wildman–Crippen MR) is 108 cm³/mol. The van der Waals surface area contributed by atoms with Crippen molar-refractivity contribution < 1.29 is 29.0 Å². The molecule has 0 spiro atoms. The van der Waals surface area contributed by atoms with Crippen LogP contribution < -0.4 is 11.1 Å². The molecule has 11 heteroatoms. The maximum absolute atomic E-state index is 13.0. The molecular weight excluding hydrogens is 466 g/mol. The van der Waals surface area contributed by atoms with Crippen molar-refractivity contribution in [2.45, 2.75) is 41.6 Å². The van der Waals surface area contributed by atoms with Gasteiger partial charge in [0.15, 0.2) is 0 Å². The summed E-state index contributed by atoms with van der Waals surface area (Å²) in [4.78, 5) is 51.3. The summed E-state index contributed by atoms with van der Waals surface area (Å²) in [5.41, 5.74) is 4.48. The SMILES string of the molecule is COC(=O)C1(NC(=O)C(N)c2cccc(Br)c2)C(=O)N2[C@@H](C(=O)O)C(C)(C)S[C@@H]21. The van der Waals surface area contributed by atoms with Crippen molar-refractivity contribution in [1.82, 2.24) is 10.2 Å². The number of nitrogens with two attached hydrogens (primary N) is 1. The van der Waals surface area contributed by atoms with Crippen LogP contribution in [-0.4, -0.2) is 62.6 Å². The Morgan fingerprint density at radius 2 is 2.03 bits per heavy atom. The van der Waals surface area contributed by atoms with E-state index in [0.717, 1.165) is 23.8 Å². The first-order valence-corrected chi connectivity index (χ1v) is 10.3. The lowest BCUT2D eigenvalue weighted by Crippen LogP contribution is -2.83. The van der Waals surface area contributed by atoms with E-state index >= 15 is 0 Å². The van der Waals surface area contributed by atoms with Crippen LogP contribution in [0.15, 0.2) is 28.7 Å². The second-order valence-electron chi connectivity index (χ2n) is 7.35. The summed E-state index contributed by atoms with van der Waals surface area (Å²) in [6, 6.07) is 4.47. The van der Waals surface area contributed by atoms with Crippen LogP contribution in [-0.2, 0) is 23.9 Å². The Bertz CT molecular complexity index is 909. The Balaban J connectivity index is 1.94. The van der Waals surface area contributed by atoms with Gasteiger partial charge in [-0.3, -0.25) is 9.59 Å². The molecule has 0 bridgehead atoms. The molecule has 2 heterocycles. The van der Waals surface area contributed by atoms with Gasteiger partial charge in [0, 0.05) is 9.22 Å². The topological polar surface area (TPSA) is 139 Å². The van der Waals surface area contributed by atoms with Crippen molar-refractivity contribution in [3.05, 3.63) is 34.3 Å². The van der Waals surface area contributed by atoms with Gasteiger partial charge < -0.3 is 25.8 Å². The van der Waals surface area contributed by atoms with E-state index in [1.54, 1.807) is 38.1 Å². The first kappa shape index (κ1) is 21.6. The van der Waals surface area contributed by atoms with Crippen molar-refractivity contribution >= 4 is 51.4 Å². The number of carbonyl (C=O) groups excluding carboxylic acids is 3. The molecule has 0 aromatic heterocycles. The third kappa shape index (κ3) is 3.21. The molecule has 156 valence electrons. The van der Waals surface area contributed by atoms with Crippen LogP contribution in [0.3, 0.4) is 0 Å². The third-order valence-electron chi connectivity index (χ3n) is 5.10. The van der Waals surface area contributed by atoms with Crippen molar-refractivity contribution in [3.63, 3.8) is 0 Å². The van der Waals surface area contributed by atoms with E-state index in [1.807, 2.05) is 0 Å². The summed E-state index contributed by atoms with van der Waals surface area (Å²) in [7, 11) is 1.10. The number of carbonyl (C=O) groups is 4. The standard InChI is InChI=1S/C18H20BrN3O6S/c1-17(2)11(13(24)25)22-14(26)18(15(22)29-17,16(27)28-3)21-12(23)10(20)8-5-4-6-9(19)7-8/h4-7,10-11,15H,20H2,1-3H3,(H,21,23)(H,24,25)/t10?,11-,15+,18?/m0/s1. The van der Waals surface area contributed by atoms with E-state index in [1.165, 1.54) is 0 Å². The molecule has 2 fully saturated rings. The number of ether oxygens (including phenoxy) is 1. The number of amides is 2. The number of hydrogen-bond donors (Lipinski definition) is 3. The molecule has 9 nitrogen and oxygen atoms in total. The molecule has 0 aliphatic carbocycles. The van der Waals surface area contributed by atoms with Crippen LogP contribution in [0.25, 0.3) is 0 Å². The number of carboxylic acid groups (broad SMARTS) is 1. The molecule has 0 radical (unpaired) electrons.